The second kappa shape index (κ2) is 5.35. The summed E-state index contributed by atoms with van der Waals surface area (Å²) in [5.74, 6) is 1.14. The Kier molecular flexibility index (Phi) is 3.62. The Hall–Kier alpha value is -2.30. The van der Waals surface area contributed by atoms with Crippen molar-refractivity contribution >= 4 is 11.5 Å². The molecule has 0 aliphatic carbocycles. The van der Waals surface area contributed by atoms with Gasteiger partial charge in [0.1, 0.15) is 5.82 Å². The third-order valence-corrected chi connectivity index (χ3v) is 2.37. The first-order chi connectivity index (χ1) is 8.72. The molecule has 2 aromatic rings. The van der Waals surface area contributed by atoms with E-state index in [9.17, 15) is 4.39 Å². The van der Waals surface area contributed by atoms with Gasteiger partial charge in [0, 0.05) is 11.8 Å². The Morgan fingerprint density at radius 1 is 1.06 bits per heavy atom. The summed E-state index contributed by atoms with van der Waals surface area (Å²) in [5.41, 5.74) is 0.741. The lowest BCUT2D eigenvalue weighted by molar-refractivity contribution is 0.355. The number of aromatic nitrogens is 1. The van der Waals surface area contributed by atoms with Crippen LogP contribution >= 0.6 is 0 Å². The van der Waals surface area contributed by atoms with Crippen molar-refractivity contribution < 1.29 is 13.9 Å². The zero-order valence-electron chi connectivity index (χ0n) is 10.1. The molecule has 0 aliphatic heterocycles. The molecule has 1 heterocycles. The normalized spacial score (nSPS) is 9.94. The number of methoxy groups -OCH3 is 2. The van der Waals surface area contributed by atoms with Gasteiger partial charge in [-0.05, 0) is 24.3 Å². The van der Waals surface area contributed by atoms with Crippen LogP contribution in [0.1, 0.15) is 0 Å². The maximum atomic E-state index is 12.9. The quantitative estimate of drug-likeness (QED) is 0.845. The molecule has 0 saturated carbocycles. The molecular weight excluding hydrogens is 235 g/mol. The molecule has 0 atom stereocenters. The Bertz CT molecular complexity index is 546. The molecule has 0 aliphatic rings. The van der Waals surface area contributed by atoms with Crippen LogP contribution in [0.15, 0.2) is 36.4 Å². The molecule has 0 fully saturated rings. The second-order valence-electron chi connectivity index (χ2n) is 3.54. The van der Waals surface area contributed by atoms with E-state index >= 15 is 0 Å². The van der Waals surface area contributed by atoms with Crippen molar-refractivity contribution in [3.63, 3.8) is 0 Å². The number of nitrogens with one attached hydrogen (secondary N) is 1. The van der Waals surface area contributed by atoms with E-state index in [1.807, 2.05) is 0 Å². The molecule has 18 heavy (non-hydrogen) atoms. The Morgan fingerprint density at radius 2 is 1.83 bits per heavy atom. The van der Waals surface area contributed by atoms with Crippen LogP contribution in [0.2, 0.25) is 0 Å². The molecule has 0 radical (unpaired) electrons. The third-order valence-electron chi connectivity index (χ3n) is 2.37. The van der Waals surface area contributed by atoms with Gasteiger partial charge in [0.2, 0.25) is 5.95 Å². The number of pyridine rings is 1. The Morgan fingerprint density at radius 3 is 2.50 bits per heavy atom. The van der Waals surface area contributed by atoms with Crippen molar-refractivity contribution in [2.45, 2.75) is 0 Å². The number of hydrogen-bond donors (Lipinski definition) is 1. The molecule has 1 aromatic heterocycles. The molecule has 0 unspecified atom stereocenters. The highest BCUT2D eigenvalue weighted by Gasteiger charge is 2.05. The number of halogens is 1. The highest BCUT2D eigenvalue weighted by Crippen LogP contribution is 2.30. The van der Waals surface area contributed by atoms with Crippen molar-refractivity contribution in [1.82, 2.24) is 4.98 Å². The minimum Gasteiger partial charge on any atom is -0.493 e. The number of hydrogen-bond acceptors (Lipinski definition) is 4. The average molecular weight is 248 g/mol. The largest absolute Gasteiger partial charge is 0.493 e. The van der Waals surface area contributed by atoms with Gasteiger partial charge in [0.25, 0.3) is 0 Å². The minimum absolute atomic E-state index is 0.433. The first-order valence-corrected chi connectivity index (χ1v) is 5.34. The Labute approximate surface area is 104 Å². The van der Waals surface area contributed by atoms with Gasteiger partial charge in [-0.15, -0.1) is 0 Å². The summed E-state index contributed by atoms with van der Waals surface area (Å²) in [6.07, 6.45) is 0. The molecule has 2 rings (SSSR count). The van der Waals surface area contributed by atoms with Gasteiger partial charge < -0.3 is 14.8 Å². The van der Waals surface area contributed by atoms with Gasteiger partial charge in [-0.1, -0.05) is 6.07 Å². The van der Waals surface area contributed by atoms with E-state index in [2.05, 4.69) is 10.3 Å². The Balaban J connectivity index is 2.24. The van der Waals surface area contributed by atoms with Crippen LogP contribution in [0.25, 0.3) is 0 Å². The van der Waals surface area contributed by atoms with Crippen LogP contribution in [-0.4, -0.2) is 19.2 Å². The molecule has 0 bridgehead atoms. The molecule has 0 amide bonds. The average Bonchev–Trinajstić information content (AvgIpc) is 2.38. The standard InChI is InChI=1S/C13H13FN2O2/c1-17-10-7-6-9(8-11(10)18-2)15-13-5-3-4-12(14)16-13/h3-8H,1-2H3,(H,15,16). The fourth-order valence-electron chi connectivity index (χ4n) is 1.54. The third kappa shape index (κ3) is 2.68. The van der Waals surface area contributed by atoms with Crippen molar-refractivity contribution in [3.05, 3.63) is 42.3 Å². The van der Waals surface area contributed by atoms with Crippen molar-refractivity contribution in [3.8, 4) is 11.5 Å². The number of anilines is 2. The molecule has 1 aromatic carbocycles. The summed E-state index contributed by atoms with van der Waals surface area (Å²) in [4.78, 5) is 3.72. The molecule has 0 saturated heterocycles. The molecule has 0 spiro atoms. The second-order valence-corrected chi connectivity index (χ2v) is 3.54. The van der Waals surface area contributed by atoms with E-state index in [0.717, 1.165) is 5.69 Å². The maximum Gasteiger partial charge on any atom is 0.214 e. The smallest absolute Gasteiger partial charge is 0.214 e. The van der Waals surface area contributed by atoms with Crippen molar-refractivity contribution in [1.29, 1.82) is 0 Å². The molecule has 5 heteroatoms. The van der Waals surface area contributed by atoms with E-state index in [1.54, 1.807) is 44.6 Å². The summed E-state index contributed by atoms with van der Waals surface area (Å²) in [7, 11) is 3.13. The first-order valence-electron chi connectivity index (χ1n) is 5.34. The van der Waals surface area contributed by atoms with E-state index in [1.165, 1.54) is 6.07 Å². The number of ether oxygens (including phenoxy) is 2. The lowest BCUT2D eigenvalue weighted by Crippen LogP contribution is -1.96. The van der Waals surface area contributed by atoms with Crippen molar-refractivity contribution in [2.75, 3.05) is 19.5 Å². The zero-order chi connectivity index (χ0) is 13.0. The summed E-state index contributed by atoms with van der Waals surface area (Å²) in [6, 6.07) is 9.88. The summed E-state index contributed by atoms with van der Waals surface area (Å²) >= 11 is 0. The van der Waals surface area contributed by atoms with E-state index in [0.29, 0.717) is 17.3 Å². The van der Waals surface area contributed by atoms with E-state index in [-0.39, 0.29) is 0 Å². The lowest BCUT2D eigenvalue weighted by Gasteiger charge is -2.10. The van der Waals surface area contributed by atoms with E-state index in [4.69, 9.17) is 9.47 Å². The van der Waals surface area contributed by atoms with Crippen LogP contribution in [-0.2, 0) is 0 Å². The fourth-order valence-corrected chi connectivity index (χ4v) is 1.54. The molecule has 4 nitrogen and oxygen atoms in total. The van der Waals surface area contributed by atoms with Gasteiger partial charge in [-0.3, -0.25) is 0 Å². The first kappa shape index (κ1) is 12.2. The van der Waals surface area contributed by atoms with Crippen LogP contribution in [0.3, 0.4) is 0 Å². The summed E-state index contributed by atoms with van der Waals surface area (Å²) < 4.78 is 23.2. The summed E-state index contributed by atoms with van der Waals surface area (Å²) in [5, 5.41) is 2.98. The number of rotatable bonds is 4. The minimum atomic E-state index is -0.527. The highest BCUT2D eigenvalue weighted by molar-refractivity contribution is 5.61. The topological polar surface area (TPSA) is 43.4 Å². The van der Waals surface area contributed by atoms with Crippen LogP contribution in [0.4, 0.5) is 15.9 Å². The molecule has 94 valence electrons. The SMILES string of the molecule is COc1ccc(Nc2cccc(F)n2)cc1OC. The monoisotopic (exact) mass is 248 g/mol. The maximum absolute atomic E-state index is 12.9. The predicted molar refractivity (Wildman–Crippen MR) is 67.0 cm³/mol. The van der Waals surface area contributed by atoms with Gasteiger partial charge in [0.05, 0.1) is 14.2 Å². The van der Waals surface area contributed by atoms with Crippen LogP contribution in [0.5, 0.6) is 11.5 Å². The predicted octanol–water partition coefficient (Wildman–Crippen LogP) is 2.98. The van der Waals surface area contributed by atoms with Gasteiger partial charge in [0.15, 0.2) is 11.5 Å². The van der Waals surface area contributed by atoms with Crippen LogP contribution in [0, 0.1) is 5.95 Å². The lowest BCUT2D eigenvalue weighted by atomic mass is 10.2. The van der Waals surface area contributed by atoms with Crippen LogP contribution < -0.4 is 14.8 Å². The van der Waals surface area contributed by atoms with Gasteiger partial charge in [-0.25, -0.2) is 4.98 Å². The number of nitrogens with zero attached hydrogens (tertiary/aromatic N) is 1. The van der Waals surface area contributed by atoms with Gasteiger partial charge >= 0.3 is 0 Å². The number of benzene rings is 1. The fraction of sp³-hybridized carbons (Fsp3) is 0.154. The molecular formula is C13H13FN2O2. The molecule has 1 N–H and O–H groups in total. The summed E-state index contributed by atoms with van der Waals surface area (Å²) in [6.45, 7) is 0. The van der Waals surface area contributed by atoms with Gasteiger partial charge in [-0.2, -0.15) is 4.39 Å². The zero-order valence-corrected chi connectivity index (χ0v) is 10.1. The van der Waals surface area contributed by atoms with Crippen molar-refractivity contribution in [2.24, 2.45) is 0 Å². The van der Waals surface area contributed by atoms with E-state index < -0.39 is 5.95 Å². The highest BCUT2D eigenvalue weighted by atomic mass is 19.1.